The van der Waals surface area contributed by atoms with Gasteiger partial charge in [-0.1, -0.05) is 17.7 Å². The molecular weight excluding hydrogens is 250 g/mol. The van der Waals surface area contributed by atoms with Gasteiger partial charge in [0.15, 0.2) is 0 Å². The molecule has 1 heterocycles. The van der Waals surface area contributed by atoms with E-state index in [1.807, 2.05) is 32.0 Å². The predicted molar refractivity (Wildman–Crippen MR) is 73.3 cm³/mol. The molecule has 1 aromatic carbocycles. The lowest BCUT2D eigenvalue weighted by molar-refractivity contribution is 0.141. The molecule has 2 rings (SSSR count). The van der Waals surface area contributed by atoms with Crippen molar-refractivity contribution in [3.05, 3.63) is 28.8 Å². The van der Waals surface area contributed by atoms with Gasteiger partial charge in [-0.25, -0.2) is 0 Å². The second-order valence-corrected chi connectivity index (χ2v) is 5.94. The second-order valence-electron chi connectivity index (χ2n) is 5.53. The van der Waals surface area contributed by atoms with E-state index in [2.05, 4.69) is 0 Å². The molecule has 1 aliphatic rings. The van der Waals surface area contributed by atoms with Gasteiger partial charge in [-0.05, 0) is 38.0 Å². The zero-order valence-electron chi connectivity index (χ0n) is 10.9. The molecule has 18 heavy (non-hydrogen) atoms. The molecule has 1 fully saturated rings. The van der Waals surface area contributed by atoms with Crippen molar-refractivity contribution in [1.29, 1.82) is 0 Å². The molecule has 0 bridgehead atoms. The Balaban J connectivity index is 2.04. The molecule has 1 unspecified atom stereocenters. The highest BCUT2D eigenvalue weighted by Crippen LogP contribution is 2.28. The fourth-order valence-electron chi connectivity index (χ4n) is 2.06. The van der Waals surface area contributed by atoms with Gasteiger partial charge in [0.05, 0.1) is 18.2 Å². The van der Waals surface area contributed by atoms with Crippen molar-refractivity contribution in [2.24, 2.45) is 5.73 Å². The topological polar surface area (TPSA) is 44.5 Å². The highest BCUT2D eigenvalue weighted by molar-refractivity contribution is 6.32. The monoisotopic (exact) mass is 269 g/mol. The summed E-state index contributed by atoms with van der Waals surface area (Å²) in [5.74, 6) is 0.728. The standard InChI is InChI=1S/C14H20ClNO2/c1-14(2,16)8-10-3-4-13(12(15)7-10)18-11-5-6-17-9-11/h3-4,7,11H,5-6,8-9,16H2,1-2H3. The van der Waals surface area contributed by atoms with Crippen molar-refractivity contribution < 1.29 is 9.47 Å². The molecule has 1 aliphatic heterocycles. The Bertz CT molecular complexity index is 409. The first-order chi connectivity index (χ1) is 8.44. The maximum atomic E-state index is 6.23. The largest absolute Gasteiger partial charge is 0.486 e. The van der Waals surface area contributed by atoms with E-state index in [0.29, 0.717) is 11.6 Å². The van der Waals surface area contributed by atoms with Crippen molar-refractivity contribution in [3.8, 4) is 5.75 Å². The van der Waals surface area contributed by atoms with Gasteiger partial charge in [-0.3, -0.25) is 0 Å². The average molecular weight is 270 g/mol. The van der Waals surface area contributed by atoms with Crippen LogP contribution in [-0.2, 0) is 11.2 Å². The van der Waals surface area contributed by atoms with E-state index >= 15 is 0 Å². The summed E-state index contributed by atoms with van der Waals surface area (Å²) in [6.07, 6.45) is 1.84. The van der Waals surface area contributed by atoms with Gasteiger partial charge in [-0.2, -0.15) is 0 Å². The van der Waals surface area contributed by atoms with Crippen molar-refractivity contribution >= 4 is 11.6 Å². The lowest BCUT2D eigenvalue weighted by Crippen LogP contribution is -2.34. The van der Waals surface area contributed by atoms with Gasteiger partial charge < -0.3 is 15.2 Å². The average Bonchev–Trinajstić information content (AvgIpc) is 2.72. The van der Waals surface area contributed by atoms with Crippen molar-refractivity contribution in [2.75, 3.05) is 13.2 Å². The number of halogens is 1. The highest BCUT2D eigenvalue weighted by atomic mass is 35.5. The van der Waals surface area contributed by atoms with Crippen LogP contribution in [0.25, 0.3) is 0 Å². The van der Waals surface area contributed by atoms with Gasteiger partial charge >= 0.3 is 0 Å². The van der Waals surface area contributed by atoms with E-state index in [9.17, 15) is 0 Å². The minimum atomic E-state index is -0.231. The van der Waals surface area contributed by atoms with E-state index in [1.165, 1.54) is 0 Å². The Hall–Kier alpha value is -0.770. The Kier molecular flexibility index (Phi) is 4.15. The number of hydrogen-bond donors (Lipinski definition) is 1. The Labute approximate surface area is 113 Å². The quantitative estimate of drug-likeness (QED) is 0.914. The summed E-state index contributed by atoms with van der Waals surface area (Å²) in [4.78, 5) is 0. The first-order valence-corrected chi connectivity index (χ1v) is 6.63. The molecule has 100 valence electrons. The third kappa shape index (κ3) is 3.87. The molecule has 0 amide bonds. The van der Waals surface area contributed by atoms with E-state index in [1.54, 1.807) is 0 Å². The van der Waals surface area contributed by atoms with Crippen LogP contribution in [0.4, 0.5) is 0 Å². The van der Waals surface area contributed by atoms with Crippen LogP contribution in [0.5, 0.6) is 5.75 Å². The molecule has 0 saturated carbocycles. The first-order valence-electron chi connectivity index (χ1n) is 6.26. The molecule has 1 aromatic rings. The van der Waals surface area contributed by atoms with Crippen LogP contribution in [-0.4, -0.2) is 24.9 Å². The second kappa shape index (κ2) is 5.47. The molecule has 0 spiro atoms. The van der Waals surface area contributed by atoms with Crippen LogP contribution in [0.2, 0.25) is 5.02 Å². The number of nitrogens with two attached hydrogens (primary N) is 1. The van der Waals surface area contributed by atoms with Crippen LogP contribution in [0.1, 0.15) is 25.8 Å². The summed E-state index contributed by atoms with van der Waals surface area (Å²) in [6.45, 7) is 5.41. The molecule has 2 N–H and O–H groups in total. The Morgan fingerprint density at radius 3 is 2.83 bits per heavy atom. The smallest absolute Gasteiger partial charge is 0.138 e. The molecule has 1 atom stereocenters. The molecule has 1 saturated heterocycles. The maximum absolute atomic E-state index is 6.23. The van der Waals surface area contributed by atoms with E-state index in [0.717, 1.165) is 30.8 Å². The van der Waals surface area contributed by atoms with E-state index in [4.69, 9.17) is 26.8 Å². The maximum Gasteiger partial charge on any atom is 0.138 e. The molecular formula is C14H20ClNO2. The van der Waals surface area contributed by atoms with Crippen LogP contribution in [0, 0.1) is 0 Å². The van der Waals surface area contributed by atoms with Crippen molar-refractivity contribution in [1.82, 2.24) is 0 Å². The minimum absolute atomic E-state index is 0.124. The van der Waals surface area contributed by atoms with Gasteiger partial charge in [0.2, 0.25) is 0 Å². The third-order valence-corrected chi connectivity index (χ3v) is 3.13. The van der Waals surface area contributed by atoms with Crippen LogP contribution in [0.3, 0.4) is 0 Å². The number of ether oxygens (including phenoxy) is 2. The van der Waals surface area contributed by atoms with Gasteiger partial charge in [0.25, 0.3) is 0 Å². The molecule has 0 aromatic heterocycles. The van der Waals surface area contributed by atoms with Gasteiger partial charge in [-0.15, -0.1) is 0 Å². The summed E-state index contributed by atoms with van der Waals surface area (Å²) < 4.78 is 11.1. The SMILES string of the molecule is CC(C)(N)Cc1ccc(OC2CCOC2)c(Cl)c1. The Morgan fingerprint density at radius 2 is 2.28 bits per heavy atom. The van der Waals surface area contributed by atoms with Gasteiger partial charge in [0, 0.05) is 12.0 Å². The molecule has 3 nitrogen and oxygen atoms in total. The van der Waals surface area contributed by atoms with E-state index in [-0.39, 0.29) is 11.6 Å². The predicted octanol–water partition coefficient (Wildman–Crippen LogP) is 2.79. The van der Waals surface area contributed by atoms with Crippen LogP contribution < -0.4 is 10.5 Å². The summed E-state index contributed by atoms with van der Waals surface area (Å²) in [5.41, 5.74) is 6.89. The lowest BCUT2D eigenvalue weighted by atomic mass is 9.96. The minimum Gasteiger partial charge on any atom is -0.486 e. The summed E-state index contributed by atoms with van der Waals surface area (Å²) in [6, 6.07) is 5.87. The zero-order chi connectivity index (χ0) is 13.2. The molecule has 0 aliphatic carbocycles. The summed E-state index contributed by atoms with van der Waals surface area (Å²) >= 11 is 6.23. The number of benzene rings is 1. The van der Waals surface area contributed by atoms with Crippen LogP contribution >= 0.6 is 11.6 Å². The fourth-order valence-corrected chi connectivity index (χ4v) is 2.31. The van der Waals surface area contributed by atoms with Crippen molar-refractivity contribution in [3.63, 3.8) is 0 Å². The van der Waals surface area contributed by atoms with E-state index < -0.39 is 0 Å². The fraction of sp³-hybridized carbons (Fsp3) is 0.571. The normalized spacial score (nSPS) is 20.1. The number of hydrogen-bond acceptors (Lipinski definition) is 3. The summed E-state index contributed by atoms with van der Waals surface area (Å²) in [5, 5.41) is 0.642. The Morgan fingerprint density at radius 1 is 1.50 bits per heavy atom. The zero-order valence-corrected chi connectivity index (χ0v) is 11.7. The summed E-state index contributed by atoms with van der Waals surface area (Å²) in [7, 11) is 0. The molecule has 4 heteroatoms. The first kappa shape index (κ1) is 13.7. The van der Waals surface area contributed by atoms with Crippen molar-refractivity contribution in [2.45, 2.75) is 38.3 Å². The lowest BCUT2D eigenvalue weighted by Gasteiger charge is -2.19. The van der Waals surface area contributed by atoms with Gasteiger partial charge in [0.1, 0.15) is 11.9 Å². The third-order valence-electron chi connectivity index (χ3n) is 2.84. The number of rotatable bonds is 4. The van der Waals surface area contributed by atoms with Crippen LogP contribution in [0.15, 0.2) is 18.2 Å². The highest BCUT2D eigenvalue weighted by Gasteiger charge is 2.19. The molecule has 0 radical (unpaired) electrons.